The molecule has 0 unspecified atom stereocenters. The van der Waals surface area contributed by atoms with Crippen molar-refractivity contribution in [2.75, 3.05) is 26.1 Å². The van der Waals surface area contributed by atoms with Crippen LogP contribution in [0.15, 0.2) is 41.5 Å². The summed E-state index contributed by atoms with van der Waals surface area (Å²) in [4.78, 5) is 23.6. The Hall–Kier alpha value is -2.97. The number of amides is 3. The van der Waals surface area contributed by atoms with Gasteiger partial charge in [0.2, 0.25) is 0 Å². The van der Waals surface area contributed by atoms with Crippen molar-refractivity contribution in [2.45, 2.75) is 0 Å². The van der Waals surface area contributed by atoms with Gasteiger partial charge in [0, 0.05) is 11.3 Å². The van der Waals surface area contributed by atoms with Gasteiger partial charge in [-0.05, 0) is 30.3 Å². The van der Waals surface area contributed by atoms with Gasteiger partial charge >= 0.3 is 6.03 Å². The molecule has 0 aromatic heterocycles. The Morgan fingerprint density at radius 1 is 1.11 bits per heavy atom. The summed E-state index contributed by atoms with van der Waals surface area (Å²) in [5.41, 5.74) is 3.37. The normalized spacial score (nSPS) is 10.4. The number of carbonyl (C=O) groups is 2. The monoisotopic (exact) mass is 424 g/mol. The zero-order valence-corrected chi connectivity index (χ0v) is 16.6. The van der Waals surface area contributed by atoms with E-state index in [1.165, 1.54) is 26.5 Å². The van der Waals surface area contributed by atoms with E-state index < -0.39 is 11.9 Å². The van der Waals surface area contributed by atoms with Gasteiger partial charge < -0.3 is 20.1 Å². The number of hydrogen-bond donors (Lipinski definition) is 3. The fourth-order valence-electron chi connectivity index (χ4n) is 2.14. The smallest absolute Gasteiger partial charge is 0.319 e. The predicted molar refractivity (Wildman–Crippen MR) is 109 cm³/mol. The van der Waals surface area contributed by atoms with E-state index in [1.54, 1.807) is 30.3 Å². The second-order valence-electron chi connectivity index (χ2n) is 5.31. The number of methoxy groups -OCH3 is 2. The minimum Gasteiger partial charge on any atom is -0.493 e. The first-order valence-corrected chi connectivity index (χ1v) is 8.73. The van der Waals surface area contributed by atoms with Crippen molar-refractivity contribution in [1.29, 1.82) is 0 Å². The van der Waals surface area contributed by atoms with Crippen LogP contribution in [0.2, 0.25) is 10.0 Å². The fourth-order valence-corrected chi connectivity index (χ4v) is 2.43. The lowest BCUT2D eigenvalue weighted by molar-refractivity contribution is -0.120. The minimum absolute atomic E-state index is 0.278. The van der Waals surface area contributed by atoms with Crippen LogP contribution < -0.4 is 25.5 Å². The summed E-state index contributed by atoms with van der Waals surface area (Å²) in [6.07, 6.45) is 1.41. The summed E-state index contributed by atoms with van der Waals surface area (Å²) >= 11 is 11.7. The number of nitrogens with one attached hydrogen (secondary N) is 3. The summed E-state index contributed by atoms with van der Waals surface area (Å²) in [6, 6.07) is 9.31. The molecule has 3 N–H and O–H groups in total. The van der Waals surface area contributed by atoms with E-state index in [0.29, 0.717) is 32.8 Å². The summed E-state index contributed by atoms with van der Waals surface area (Å²) in [5.74, 6) is 0.517. The van der Waals surface area contributed by atoms with Gasteiger partial charge in [-0.2, -0.15) is 5.10 Å². The molecule has 10 heteroatoms. The molecule has 2 aromatic rings. The quantitative estimate of drug-likeness (QED) is 0.468. The number of rotatable bonds is 7. The van der Waals surface area contributed by atoms with Gasteiger partial charge in [-0.25, -0.2) is 10.2 Å². The van der Waals surface area contributed by atoms with Crippen LogP contribution >= 0.6 is 23.2 Å². The molecule has 28 heavy (non-hydrogen) atoms. The number of urea groups is 1. The molecule has 0 saturated carbocycles. The maximum Gasteiger partial charge on any atom is 0.319 e. The summed E-state index contributed by atoms with van der Waals surface area (Å²) in [5, 5.41) is 9.45. The van der Waals surface area contributed by atoms with E-state index >= 15 is 0 Å². The Kier molecular flexibility index (Phi) is 7.91. The van der Waals surface area contributed by atoms with Crippen molar-refractivity contribution < 1.29 is 19.1 Å². The molecule has 0 spiro atoms. The Bertz CT molecular complexity index is 890. The number of hydrogen-bond acceptors (Lipinski definition) is 5. The second kappa shape index (κ2) is 10.4. The number of ether oxygens (including phenoxy) is 2. The molecular weight excluding hydrogens is 407 g/mol. The van der Waals surface area contributed by atoms with Gasteiger partial charge in [-0.15, -0.1) is 0 Å². The molecule has 0 aliphatic heterocycles. The van der Waals surface area contributed by atoms with Gasteiger partial charge in [0.05, 0.1) is 30.5 Å². The maximum atomic E-state index is 11.8. The van der Waals surface area contributed by atoms with E-state index in [0.717, 1.165) is 0 Å². The maximum absolute atomic E-state index is 11.8. The van der Waals surface area contributed by atoms with Crippen molar-refractivity contribution in [3.05, 3.63) is 52.0 Å². The lowest BCUT2D eigenvalue weighted by Crippen LogP contribution is -2.37. The summed E-state index contributed by atoms with van der Waals surface area (Å²) in [7, 11) is 3.03. The van der Waals surface area contributed by atoms with Crippen LogP contribution in [-0.2, 0) is 4.79 Å². The first kappa shape index (κ1) is 21.3. The van der Waals surface area contributed by atoms with Gasteiger partial charge in [0.15, 0.2) is 11.5 Å². The summed E-state index contributed by atoms with van der Waals surface area (Å²) in [6.45, 7) is -0.278. The molecule has 0 radical (unpaired) electrons. The third-order valence-electron chi connectivity index (χ3n) is 3.41. The van der Waals surface area contributed by atoms with Crippen LogP contribution in [-0.4, -0.2) is 38.9 Å². The molecule has 0 fully saturated rings. The van der Waals surface area contributed by atoms with Gasteiger partial charge in [-0.3, -0.25) is 4.79 Å². The number of benzene rings is 2. The Morgan fingerprint density at radius 2 is 1.89 bits per heavy atom. The minimum atomic E-state index is -0.577. The van der Waals surface area contributed by atoms with E-state index in [9.17, 15) is 9.59 Å². The van der Waals surface area contributed by atoms with Crippen LogP contribution in [0, 0.1) is 0 Å². The number of halogens is 2. The summed E-state index contributed by atoms with van der Waals surface area (Å²) < 4.78 is 10.5. The molecule has 3 amide bonds. The number of nitrogens with zero attached hydrogens (tertiary/aromatic N) is 1. The van der Waals surface area contributed by atoms with Crippen LogP contribution in [0.5, 0.6) is 11.5 Å². The van der Waals surface area contributed by atoms with E-state index in [1.807, 2.05) is 0 Å². The van der Waals surface area contributed by atoms with E-state index in [4.69, 9.17) is 32.7 Å². The topological polar surface area (TPSA) is 101 Å². The van der Waals surface area contributed by atoms with Gasteiger partial charge in [-0.1, -0.05) is 29.3 Å². The van der Waals surface area contributed by atoms with Gasteiger partial charge in [0.1, 0.15) is 6.54 Å². The lowest BCUT2D eigenvalue weighted by atomic mass is 10.2. The molecule has 0 bridgehead atoms. The fraction of sp³-hybridized carbons (Fsp3) is 0.167. The molecule has 0 saturated heterocycles. The number of hydrazone groups is 1. The molecule has 0 atom stereocenters. The first-order chi connectivity index (χ1) is 13.4. The van der Waals surface area contributed by atoms with Crippen LogP contribution in [0.4, 0.5) is 10.5 Å². The lowest BCUT2D eigenvalue weighted by Gasteiger charge is -2.09. The molecule has 8 nitrogen and oxygen atoms in total. The van der Waals surface area contributed by atoms with Crippen LogP contribution in [0.3, 0.4) is 0 Å². The first-order valence-electron chi connectivity index (χ1n) is 7.97. The zero-order valence-electron chi connectivity index (χ0n) is 15.1. The third kappa shape index (κ3) is 6.04. The number of para-hydroxylation sites is 1. The highest BCUT2D eigenvalue weighted by atomic mass is 35.5. The highest BCUT2D eigenvalue weighted by Gasteiger charge is 2.08. The molecule has 0 aliphatic carbocycles. The molecule has 2 rings (SSSR count). The Morgan fingerprint density at radius 3 is 2.57 bits per heavy atom. The Labute approximate surface area is 171 Å². The predicted octanol–water partition coefficient (Wildman–Crippen LogP) is 3.28. The van der Waals surface area contributed by atoms with Crippen molar-refractivity contribution in [3.63, 3.8) is 0 Å². The molecule has 0 heterocycles. The van der Waals surface area contributed by atoms with Gasteiger partial charge in [0.25, 0.3) is 5.91 Å². The highest BCUT2D eigenvalue weighted by Crippen LogP contribution is 2.29. The van der Waals surface area contributed by atoms with Crippen LogP contribution in [0.25, 0.3) is 0 Å². The average Bonchev–Trinajstić information content (AvgIpc) is 2.69. The second-order valence-corrected chi connectivity index (χ2v) is 6.13. The molecule has 2 aromatic carbocycles. The van der Waals surface area contributed by atoms with E-state index in [2.05, 4.69) is 21.2 Å². The SMILES string of the molecule is COc1cccc(/C=N/NC(=O)CNC(=O)Nc2ccc(Cl)c(Cl)c2)c1OC. The molecular formula is C18H18Cl2N4O4. The zero-order chi connectivity index (χ0) is 20.5. The Balaban J connectivity index is 1.83. The van der Waals surface area contributed by atoms with Crippen molar-refractivity contribution in [1.82, 2.24) is 10.7 Å². The number of anilines is 1. The standard InChI is InChI=1S/C18H18Cl2N4O4/c1-27-15-5-3-4-11(17(15)28-2)9-22-24-16(25)10-21-18(26)23-12-6-7-13(19)14(20)8-12/h3-9H,10H2,1-2H3,(H,24,25)(H2,21,23,26)/b22-9+. The molecule has 148 valence electrons. The highest BCUT2D eigenvalue weighted by molar-refractivity contribution is 6.42. The van der Waals surface area contributed by atoms with E-state index in [-0.39, 0.29) is 6.54 Å². The largest absolute Gasteiger partial charge is 0.493 e. The van der Waals surface area contributed by atoms with Crippen molar-refractivity contribution in [2.24, 2.45) is 5.10 Å². The number of carbonyl (C=O) groups excluding carboxylic acids is 2. The third-order valence-corrected chi connectivity index (χ3v) is 4.15. The average molecular weight is 425 g/mol. The van der Waals surface area contributed by atoms with Crippen LogP contribution in [0.1, 0.15) is 5.56 Å². The molecule has 0 aliphatic rings. The van der Waals surface area contributed by atoms with Crippen molar-refractivity contribution >= 4 is 47.0 Å². The van der Waals surface area contributed by atoms with Crippen molar-refractivity contribution in [3.8, 4) is 11.5 Å².